The molecular weight excluding hydrogens is 366 g/mol. The smallest absolute Gasteiger partial charge is 0.272 e. The fraction of sp³-hybridized carbons (Fsp3) is 0.0435. The average molecular weight is 383 g/mol. The Morgan fingerprint density at radius 3 is 2.83 bits per heavy atom. The Hall–Kier alpha value is -4.06. The van der Waals surface area contributed by atoms with E-state index in [0.717, 1.165) is 22.2 Å². The number of aromatic amines is 1. The van der Waals surface area contributed by atoms with Crippen molar-refractivity contribution in [1.29, 1.82) is 0 Å². The molecule has 2 heterocycles. The van der Waals surface area contributed by atoms with E-state index < -0.39 is 0 Å². The molecule has 1 amide bonds. The molecule has 0 saturated heterocycles. The number of nitrogens with one attached hydrogen (secondary N) is 2. The lowest BCUT2D eigenvalue weighted by Crippen LogP contribution is -2.12. The van der Waals surface area contributed by atoms with Gasteiger partial charge in [-0.3, -0.25) is 4.79 Å². The standard InChI is InChI=1S/C23H17N3O3/c27-23(25-17-7-9-22-20(11-17)24-14-29-22)21-10-16-6-8-18(12-19(16)26-21)28-13-15-4-2-1-3-5-15/h1-12,14,26H,13H2,(H,25,27). The highest BCUT2D eigenvalue weighted by atomic mass is 16.5. The molecule has 0 radical (unpaired) electrons. The Kier molecular flexibility index (Phi) is 4.22. The van der Waals surface area contributed by atoms with Gasteiger partial charge in [0.1, 0.15) is 23.6 Å². The summed E-state index contributed by atoms with van der Waals surface area (Å²) in [5.41, 5.74) is 4.44. The monoisotopic (exact) mass is 383 g/mol. The maximum absolute atomic E-state index is 12.6. The Morgan fingerprint density at radius 1 is 1.03 bits per heavy atom. The van der Waals surface area contributed by atoms with Gasteiger partial charge in [0.25, 0.3) is 5.91 Å². The lowest BCUT2D eigenvalue weighted by atomic mass is 10.2. The minimum atomic E-state index is -0.226. The molecule has 0 atom stereocenters. The molecule has 0 aliphatic carbocycles. The van der Waals surface area contributed by atoms with E-state index in [1.165, 1.54) is 6.39 Å². The number of carbonyl (C=O) groups excluding carboxylic acids is 1. The summed E-state index contributed by atoms with van der Waals surface area (Å²) in [4.78, 5) is 19.9. The zero-order valence-corrected chi connectivity index (χ0v) is 15.4. The maximum Gasteiger partial charge on any atom is 0.272 e. The summed E-state index contributed by atoms with van der Waals surface area (Å²) in [6, 6.07) is 22.9. The first kappa shape index (κ1) is 17.1. The van der Waals surface area contributed by atoms with Crippen LogP contribution in [0.5, 0.6) is 5.75 Å². The van der Waals surface area contributed by atoms with Crippen molar-refractivity contribution < 1.29 is 13.9 Å². The van der Waals surface area contributed by atoms with Crippen LogP contribution >= 0.6 is 0 Å². The van der Waals surface area contributed by atoms with E-state index in [-0.39, 0.29) is 5.91 Å². The van der Waals surface area contributed by atoms with E-state index >= 15 is 0 Å². The predicted octanol–water partition coefficient (Wildman–Crippen LogP) is 5.14. The van der Waals surface area contributed by atoms with Gasteiger partial charge in [-0.1, -0.05) is 30.3 Å². The van der Waals surface area contributed by atoms with Crippen LogP contribution in [0.15, 0.2) is 83.6 Å². The Labute approximate surface area is 166 Å². The van der Waals surface area contributed by atoms with Gasteiger partial charge in [0.15, 0.2) is 12.0 Å². The first-order valence-electron chi connectivity index (χ1n) is 9.19. The lowest BCUT2D eigenvalue weighted by molar-refractivity contribution is 0.102. The zero-order valence-electron chi connectivity index (χ0n) is 15.4. The number of amides is 1. The van der Waals surface area contributed by atoms with Gasteiger partial charge in [0.2, 0.25) is 0 Å². The van der Waals surface area contributed by atoms with Crippen LogP contribution in [0, 0.1) is 0 Å². The third-order valence-corrected chi connectivity index (χ3v) is 4.68. The van der Waals surface area contributed by atoms with Crippen molar-refractivity contribution in [3.05, 3.63) is 90.4 Å². The summed E-state index contributed by atoms with van der Waals surface area (Å²) in [5, 5.41) is 3.82. The van der Waals surface area contributed by atoms with E-state index in [2.05, 4.69) is 15.3 Å². The topological polar surface area (TPSA) is 80.2 Å². The zero-order chi connectivity index (χ0) is 19.6. The Morgan fingerprint density at radius 2 is 1.93 bits per heavy atom. The van der Waals surface area contributed by atoms with E-state index in [1.54, 1.807) is 18.2 Å². The lowest BCUT2D eigenvalue weighted by Gasteiger charge is -2.06. The van der Waals surface area contributed by atoms with Gasteiger partial charge in [-0.2, -0.15) is 0 Å². The van der Waals surface area contributed by atoms with Gasteiger partial charge in [0.05, 0.1) is 0 Å². The average Bonchev–Trinajstić information content (AvgIpc) is 3.39. The van der Waals surface area contributed by atoms with Crippen molar-refractivity contribution in [2.75, 3.05) is 5.32 Å². The normalized spacial score (nSPS) is 11.0. The summed E-state index contributed by atoms with van der Waals surface area (Å²) in [7, 11) is 0. The summed E-state index contributed by atoms with van der Waals surface area (Å²) >= 11 is 0. The van der Waals surface area contributed by atoms with Crippen LogP contribution in [-0.2, 0) is 6.61 Å². The largest absolute Gasteiger partial charge is 0.489 e. The molecule has 6 heteroatoms. The van der Waals surface area contributed by atoms with E-state index in [4.69, 9.17) is 9.15 Å². The van der Waals surface area contributed by atoms with Crippen LogP contribution in [-0.4, -0.2) is 15.9 Å². The number of benzene rings is 3. The molecule has 0 bridgehead atoms. The molecule has 6 nitrogen and oxygen atoms in total. The van der Waals surface area contributed by atoms with Gasteiger partial charge in [-0.15, -0.1) is 0 Å². The number of anilines is 1. The number of ether oxygens (including phenoxy) is 1. The first-order valence-corrected chi connectivity index (χ1v) is 9.19. The predicted molar refractivity (Wildman–Crippen MR) is 111 cm³/mol. The second-order valence-corrected chi connectivity index (χ2v) is 6.70. The number of rotatable bonds is 5. The number of oxazole rings is 1. The van der Waals surface area contributed by atoms with Crippen molar-refractivity contribution in [3.8, 4) is 5.75 Å². The molecule has 3 aromatic carbocycles. The number of carbonyl (C=O) groups is 1. The SMILES string of the molecule is O=C(Nc1ccc2ocnc2c1)c1cc2ccc(OCc3ccccc3)cc2[nH]1. The summed E-state index contributed by atoms with van der Waals surface area (Å²) < 4.78 is 11.1. The molecule has 5 rings (SSSR count). The fourth-order valence-corrected chi connectivity index (χ4v) is 3.19. The molecule has 0 saturated carbocycles. The Balaban J connectivity index is 1.32. The van der Waals surface area contributed by atoms with Crippen LogP contribution < -0.4 is 10.1 Å². The highest BCUT2D eigenvalue weighted by Crippen LogP contribution is 2.23. The molecule has 5 aromatic rings. The second-order valence-electron chi connectivity index (χ2n) is 6.70. The first-order chi connectivity index (χ1) is 14.2. The third-order valence-electron chi connectivity index (χ3n) is 4.68. The van der Waals surface area contributed by atoms with Gasteiger partial charge < -0.3 is 19.5 Å². The molecule has 0 aliphatic heterocycles. The van der Waals surface area contributed by atoms with Gasteiger partial charge in [-0.25, -0.2) is 4.98 Å². The van der Waals surface area contributed by atoms with Gasteiger partial charge in [-0.05, 0) is 42.0 Å². The number of fused-ring (bicyclic) bond motifs is 2. The van der Waals surface area contributed by atoms with Gasteiger partial charge >= 0.3 is 0 Å². The molecular formula is C23H17N3O3. The molecule has 2 aromatic heterocycles. The third kappa shape index (κ3) is 3.55. The molecule has 0 spiro atoms. The van der Waals surface area contributed by atoms with Crippen LogP contribution in [0.2, 0.25) is 0 Å². The van der Waals surface area contributed by atoms with Crippen molar-refractivity contribution in [2.24, 2.45) is 0 Å². The molecule has 29 heavy (non-hydrogen) atoms. The van der Waals surface area contributed by atoms with E-state index in [1.807, 2.05) is 54.6 Å². The molecule has 0 fully saturated rings. The molecule has 142 valence electrons. The minimum Gasteiger partial charge on any atom is -0.489 e. The van der Waals surface area contributed by atoms with Crippen LogP contribution in [0.25, 0.3) is 22.0 Å². The summed E-state index contributed by atoms with van der Waals surface area (Å²) in [6.07, 6.45) is 1.38. The number of aromatic nitrogens is 2. The van der Waals surface area contributed by atoms with Crippen LogP contribution in [0.3, 0.4) is 0 Å². The Bertz CT molecular complexity index is 1300. The van der Waals surface area contributed by atoms with Crippen molar-refractivity contribution in [3.63, 3.8) is 0 Å². The maximum atomic E-state index is 12.6. The molecule has 2 N–H and O–H groups in total. The molecule has 0 aliphatic rings. The highest BCUT2D eigenvalue weighted by molar-refractivity contribution is 6.06. The van der Waals surface area contributed by atoms with E-state index in [0.29, 0.717) is 29.1 Å². The minimum absolute atomic E-state index is 0.226. The molecule has 0 unspecified atom stereocenters. The summed E-state index contributed by atoms with van der Waals surface area (Å²) in [6.45, 7) is 0.491. The number of nitrogens with zero attached hydrogens (tertiary/aromatic N) is 1. The van der Waals surface area contributed by atoms with Crippen molar-refractivity contribution >= 4 is 33.6 Å². The number of hydrogen-bond donors (Lipinski definition) is 2. The van der Waals surface area contributed by atoms with E-state index in [9.17, 15) is 4.79 Å². The van der Waals surface area contributed by atoms with Gasteiger partial charge in [0, 0.05) is 22.7 Å². The van der Waals surface area contributed by atoms with Crippen LogP contribution in [0.1, 0.15) is 16.1 Å². The van der Waals surface area contributed by atoms with Crippen LogP contribution in [0.4, 0.5) is 5.69 Å². The van der Waals surface area contributed by atoms with Crippen molar-refractivity contribution in [2.45, 2.75) is 6.61 Å². The fourth-order valence-electron chi connectivity index (χ4n) is 3.19. The quantitative estimate of drug-likeness (QED) is 0.440. The summed E-state index contributed by atoms with van der Waals surface area (Å²) in [5.74, 6) is 0.516. The number of hydrogen-bond acceptors (Lipinski definition) is 4. The highest BCUT2D eigenvalue weighted by Gasteiger charge is 2.11. The number of H-pyrrole nitrogens is 1. The second kappa shape index (κ2) is 7.16. The van der Waals surface area contributed by atoms with Crippen molar-refractivity contribution in [1.82, 2.24) is 9.97 Å².